The quantitative estimate of drug-likeness (QED) is 0.691. The van der Waals surface area contributed by atoms with Crippen LogP contribution in [0, 0.1) is 5.92 Å². The van der Waals surface area contributed by atoms with Crippen molar-refractivity contribution in [3.8, 4) is 0 Å². The number of rotatable bonds is 4. The van der Waals surface area contributed by atoms with E-state index >= 15 is 0 Å². The number of aromatic nitrogens is 1. The third-order valence-electron chi connectivity index (χ3n) is 5.05. The van der Waals surface area contributed by atoms with Gasteiger partial charge in [0.25, 0.3) is 0 Å². The van der Waals surface area contributed by atoms with Gasteiger partial charge in [0.2, 0.25) is 11.8 Å². The summed E-state index contributed by atoms with van der Waals surface area (Å²) >= 11 is 3.67. The summed E-state index contributed by atoms with van der Waals surface area (Å²) in [4.78, 5) is 33.2. The number of pyridine rings is 1. The van der Waals surface area contributed by atoms with Crippen molar-refractivity contribution in [3.05, 3.63) is 30.1 Å². The molecule has 7 nitrogen and oxygen atoms in total. The van der Waals surface area contributed by atoms with Crippen LogP contribution < -0.4 is 10.9 Å². The van der Waals surface area contributed by atoms with Gasteiger partial charge in [-0.15, -0.1) is 0 Å². The second-order valence-corrected chi connectivity index (χ2v) is 8.24. The molecule has 3 unspecified atom stereocenters. The molecule has 2 N–H and O–H groups in total. The molecule has 2 fully saturated rings. The number of piperazine rings is 1. The molecular weight excluding hydrogens is 398 g/mol. The van der Waals surface area contributed by atoms with E-state index in [9.17, 15) is 9.59 Å². The molecule has 0 aromatic carbocycles. The molecule has 3 heterocycles. The van der Waals surface area contributed by atoms with Gasteiger partial charge in [-0.05, 0) is 18.1 Å². The monoisotopic (exact) mass is 423 g/mol. The number of carbonyl (C=O) groups excluding carboxylic acids is 2. The number of nitrogens with zero attached hydrogens (tertiary/aromatic N) is 3. The van der Waals surface area contributed by atoms with Crippen molar-refractivity contribution >= 4 is 27.7 Å². The zero-order valence-corrected chi connectivity index (χ0v) is 16.8. The van der Waals surface area contributed by atoms with Crippen LogP contribution in [0.2, 0.25) is 0 Å². The predicted octanol–water partition coefficient (Wildman–Crippen LogP) is 0.559. The van der Waals surface area contributed by atoms with Crippen molar-refractivity contribution in [1.29, 1.82) is 0 Å². The van der Waals surface area contributed by atoms with Crippen molar-refractivity contribution in [3.63, 3.8) is 0 Å². The molecule has 1 aromatic heterocycles. The fourth-order valence-corrected chi connectivity index (χ4v) is 4.53. The van der Waals surface area contributed by atoms with Crippen LogP contribution in [-0.4, -0.2) is 69.7 Å². The summed E-state index contributed by atoms with van der Waals surface area (Å²) in [6.45, 7) is 6.53. The summed E-state index contributed by atoms with van der Waals surface area (Å²) in [7, 11) is 0. The lowest BCUT2D eigenvalue weighted by Crippen LogP contribution is -2.56. The molecule has 2 saturated heterocycles. The Hall–Kier alpha value is -1.51. The standard InChI is InChI=1S/C18H26BrN5O2/c1-12(2)16-15(19)17(22-21-16)18(26)24-9-7-23(8-10-24)14(25)11-13-5-3-4-6-20-13/h3-6,12,15-17,21-22H,7-11H2,1-2H3. The third-order valence-corrected chi connectivity index (χ3v) is 6.15. The number of nitrogens with one attached hydrogen (secondary N) is 2. The average molecular weight is 424 g/mol. The van der Waals surface area contributed by atoms with Crippen LogP contribution in [0.5, 0.6) is 0 Å². The summed E-state index contributed by atoms with van der Waals surface area (Å²) in [5, 5.41) is 0. The number of alkyl halides is 1. The topological polar surface area (TPSA) is 77.6 Å². The molecular formula is C18H26BrN5O2. The van der Waals surface area contributed by atoms with E-state index in [1.807, 2.05) is 28.0 Å². The Labute approximate surface area is 162 Å². The molecule has 2 amide bonds. The zero-order valence-electron chi connectivity index (χ0n) is 15.2. The number of hydrazine groups is 1. The Balaban J connectivity index is 1.50. The summed E-state index contributed by atoms with van der Waals surface area (Å²) in [6, 6.07) is 5.52. The Bertz CT molecular complexity index is 634. The molecule has 3 atom stereocenters. The number of amides is 2. The van der Waals surface area contributed by atoms with Crippen LogP contribution in [-0.2, 0) is 16.0 Å². The number of hydrogen-bond acceptors (Lipinski definition) is 5. The molecule has 0 radical (unpaired) electrons. The lowest BCUT2D eigenvalue weighted by atomic mass is 9.99. The fourth-order valence-electron chi connectivity index (χ4n) is 3.43. The van der Waals surface area contributed by atoms with E-state index in [4.69, 9.17) is 0 Å². The van der Waals surface area contributed by atoms with Crippen molar-refractivity contribution in [1.82, 2.24) is 25.6 Å². The first-order valence-corrected chi connectivity index (χ1v) is 10.0. The highest BCUT2D eigenvalue weighted by atomic mass is 79.9. The van der Waals surface area contributed by atoms with Crippen LogP contribution in [0.25, 0.3) is 0 Å². The van der Waals surface area contributed by atoms with E-state index in [0.717, 1.165) is 5.69 Å². The maximum Gasteiger partial charge on any atom is 0.242 e. The Morgan fingerprint density at radius 3 is 2.46 bits per heavy atom. The van der Waals surface area contributed by atoms with Crippen LogP contribution in [0.15, 0.2) is 24.4 Å². The molecule has 0 aliphatic carbocycles. The molecule has 2 aliphatic heterocycles. The van der Waals surface area contributed by atoms with E-state index < -0.39 is 0 Å². The van der Waals surface area contributed by atoms with Gasteiger partial charge in [0, 0.05) is 44.1 Å². The zero-order chi connectivity index (χ0) is 18.7. The van der Waals surface area contributed by atoms with Crippen LogP contribution in [0.1, 0.15) is 19.5 Å². The van der Waals surface area contributed by atoms with Crippen LogP contribution in [0.4, 0.5) is 0 Å². The largest absolute Gasteiger partial charge is 0.339 e. The lowest BCUT2D eigenvalue weighted by molar-refractivity contribution is -0.140. The highest BCUT2D eigenvalue weighted by Crippen LogP contribution is 2.23. The highest BCUT2D eigenvalue weighted by molar-refractivity contribution is 9.09. The smallest absolute Gasteiger partial charge is 0.242 e. The summed E-state index contributed by atoms with van der Waals surface area (Å²) in [6.07, 6.45) is 2.01. The van der Waals surface area contributed by atoms with E-state index in [-0.39, 0.29) is 28.7 Å². The molecule has 3 rings (SSSR count). The van der Waals surface area contributed by atoms with E-state index in [0.29, 0.717) is 38.5 Å². The van der Waals surface area contributed by atoms with Gasteiger partial charge in [-0.3, -0.25) is 20.0 Å². The van der Waals surface area contributed by atoms with Gasteiger partial charge in [-0.25, -0.2) is 5.43 Å². The summed E-state index contributed by atoms with van der Waals surface area (Å²) in [5.74, 6) is 0.569. The Morgan fingerprint density at radius 2 is 1.88 bits per heavy atom. The molecule has 0 saturated carbocycles. The Morgan fingerprint density at radius 1 is 1.19 bits per heavy atom. The molecule has 2 aliphatic rings. The second-order valence-electron chi connectivity index (χ2n) is 7.18. The van der Waals surface area contributed by atoms with E-state index in [1.54, 1.807) is 6.20 Å². The lowest BCUT2D eigenvalue weighted by Gasteiger charge is -2.36. The second kappa shape index (κ2) is 8.45. The molecule has 1 aromatic rings. The van der Waals surface area contributed by atoms with Crippen molar-refractivity contribution in [2.24, 2.45) is 5.92 Å². The number of carbonyl (C=O) groups is 2. The Kier molecular flexibility index (Phi) is 6.26. The molecule has 26 heavy (non-hydrogen) atoms. The van der Waals surface area contributed by atoms with Crippen molar-refractivity contribution < 1.29 is 9.59 Å². The minimum Gasteiger partial charge on any atom is -0.339 e. The first-order chi connectivity index (χ1) is 12.5. The first-order valence-electron chi connectivity index (χ1n) is 9.09. The van der Waals surface area contributed by atoms with E-state index in [1.165, 1.54) is 0 Å². The molecule has 142 valence electrons. The first kappa shape index (κ1) is 19.3. The van der Waals surface area contributed by atoms with Gasteiger partial charge in [0.1, 0.15) is 6.04 Å². The average Bonchev–Trinajstić information content (AvgIpc) is 3.04. The van der Waals surface area contributed by atoms with Crippen molar-refractivity contribution in [2.45, 2.75) is 37.2 Å². The van der Waals surface area contributed by atoms with Crippen LogP contribution in [0.3, 0.4) is 0 Å². The highest BCUT2D eigenvalue weighted by Gasteiger charge is 2.42. The molecule has 0 bridgehead atoms. The number of hydrogen-bond donors (Lipinski definition) is 2. The minimum atomic E-state index is -0.279. The van der Waals surface area contributed by atoms with Crippen molar-refractivity contribution in [2.75, 3.05) is 26.2 Å². The van der Waals surface area contributed by atoms with E-state index in [2.05, 4.69) is 45.6 Å². The maximum absolute atomic E-state index is 12.8. The normalized spacial score (nSPS) is 26.4. The maximum atomic E-state index is 12.8. The van der Waals surface area contributed by atoms with Gasteiger partial charge < -0.3 is 9.80 Å². The summed E-state index contributed by atoms with van der Waals surface area (Å²) < 4.78 is 0. The van der Waals surface area contributed by atoms with Gasteiger partial charge in [0.05, 0.1) is 11.2 Å². The summed E-state index contributed by atoms with van der Waals surface area (Å²) in [5.41, 5.74) is 7.12. The molecule has 0 spiro atoms. The minimum absolute atomic E-state index is 0.0545. The van der Waals surface area contributed by atoms with Gasteiger partial charge >= 0.3 is 0 Å². The van der Waals surface area contributed by atoms with Gasteiger partial charge in [0.15, 0.2) is 0 Å². The third kappa shape index (κ3) is 4.24. The molecule has 8 heteroatoms. The SMILES string of the molecule is CC(C)C1NNC(C(=O)N2CCN(C(=O)Cc3ccccn3)CC2)C1Br. The fraction of sp³-hybridized carbons (Fsp3) is 0.611. The van der Waals surface area contributed by atoms with Gasteiger partial charge in [-0.1, -0.05) is 35.8 Å². The van der Waals surface area contributed by atoms with Crippen LogP contribution >= 0.6 is 15.9 Å². The van der Waals surface area contributed by atoms with Gasteiger partial charge in [-0.2, -0.15) is 0 Å². The number of halogens is 1. The predicted molar refractivity (Wildman–Crippen MR) is 103 cm³/mol.